The first kappa shape index (κ1) is 14.1. The summed E-state index contributed by atoms with van der Waals surface area (Å²) in [7, 11) is 0. The molecule has 0 saturated carbocycles. The summed E-state index contributed by atoms with van der Waals surface area (Å²) in [6.07, 6.45) is 0. The van der Waals surface area contributed by atoms with Gasteiger partial charge in [0, 0.05) is 0 Å². The van der Waals surface area contributed by atoms with E-state index in [9.17, 15) is 5.11 Å². The molecule has 0 aliphatic rings. The Morgan fingerprint density at radius 2 is 1.91 bits per heavy atom. The van der Waals surface area contributed by atoms with E-state index in [0.29, 0.717) is 17.7 Å². The number of hydrogen-bond donors (Lipinski definition) is 3. The van der Waals surface area contributed by atoms with Crippen molar-refractivity contribution < 1.29 is 14.9 Å². The smallest absolute Gasteiger partial charge is 0.320 e. The molecule has 8 heteroatoms. The molecule has 2 heterocycles. The van der Waals surface area contributed by atoms with Gasteiger partial charge in [-0.05, 0) is 5.56 Å². The number of aromatic nitrogens is 4. The maximum absolute atomic E-state index is 10.0. The number of nitrogen functional groups attached to an aromatic ring is 1. The van der Waals surface area contributed by atoms with Gasteiger partial charge in [0.2, 0.25) is 0 Å². The molecule has 0 atom stereocenters. The number of anilines is 1. The highest BCUT2D eigenvalue weighted by Gasteiger charge is 2.17. The second-order valence-corrected chi connectivity index (χ2v) is 4.62. The highest BCUT2D eigenvalue weighted by Crippen LogP contribution is 2.25. The quantitative estimate of drug-likeness (QED) is 0.629. The number of imidazole rings is 1. The zero-order valence-corrected chi connectivity index (χ0v) is 11.7. The average Bonchev–Trinajstić information content (AvgIpc) is 2.83. The summed E-state index contributed by atoms with van der Waals surface area (Å²) in [5.41, 5.74) is 7.49. The molecule has 3 aromatic rings. The van der Waals surface area contributed by atoms with Crippen LogP contribution in [0.3, 0.4) is 0 Å². The van der Waals surface area contributed by atoms with Gasteiger partial charge in [0.25, 0.3) is 6.01 Å². The maximum Gasteiger partial charge on any atom is 0.320 e. The number of rotatable bonds is 5. The lowest BCUT2D eigenvalue weighted by molar-refractivity contribution is 0.192. The minimum absolute atomic E-state index is 0.0354. The molecule has 2 aromatic heterocycles. The third-order valence-electron chi connectivity index (χ3n) is 3.09. The highest BCUT2D eigenvalue weighted by atomic mass is 16.5. The fourth-order valence-corrected chi connectivity index (χ4v) is 2.10. The highest BCUT2D eigenvalue weighted by molar-refractivity contribution is 5.83. The van der Waals surface area contributed by atoms with Crippen molar-refractivity contribution in [1.82, 2.24) is 19.5 Å². The maximum atomic E-state index is 10.0. The Labute approximate surface area is 125 Å². The largest absolute Gasteiger partial charge is 0.480 e. The molecular weight excluding hydrogens is 286 g/mol. The molecule has 1 aromatic carbocycles. The number of benzene rings is 1. The van der Waals surface area contributed by atoms with Gasteiger partial charge in [0.15, 0.2) is 17.0 Å². The lowest BCUT2D eigenvalue weighted by Crippen LogP contribution is -2.08. The van der Waals surface area contributed by atoms with E-state index in [1.54, 1.807) is 0 Å². The van der Waals surface area contributed by atoms with Gasteiger partial charge < -0.3 is 20.7 Å². The van der Waals surface area contributed by atoms with Crippen molar-refractivity contribution in [1.29, 1.82) is 0 Å². The van der Waals surface area contributed by atoms with Crippen molar-refractivity contribution in [2.75, 3.05) is 18.9 Å². The SMILES string of the molecule is Nc1nc(OCCO)nc2c1nc(O)n2Cc1ccccc1. The molecule has 3 rings (SSSR count). The zero-order valence-electron chi connectivity index (χ0n) is 11.7. The Balaban J connectivity index is 2.05. The van der Waals surface area contributed by atoms with Crippen LogP contribution in [0.2, 0.25) is 0 Å². The van der Waals surface area contributed by atoms with Crippen molar-refractivity contribution in [3.05, 3.63) is 35.9 Å². The van der Waals surface area contributed by atoms with Crippen LogP contribution in [0.15, 0.2) is 30.3 Å². The van der Waals surface area contributed by atoms with Crippen LogP contribution in [0, 0.1) is 0 Å². The van der Waals surface area contributed by atoms with Crippen LogP contribution in [-0.2, 0) is 6.54 Å². The summed E-state index contributed by atoms with van der Waals surface area (Å²) in [6, 6.07) is 9.43. The van der Waals surface area contributed by atoms with Crippen LogP contribution in [-0.4, -0.2) is 42.9 Å². The van der Waals surface area contributed by atoms with Gasteiger partial charge in [0.05, 0.1) is 13.2 Å². The van der Waals surface area contributed by atoms with Crippen LogP contribution in [0.4, 0.5) is 5.82 Å². The number of aliphatic hydroxyl groups excluding tert-OH is 1. The predicted molar refractivity (Wildman–Crippen MR) is 79.5 cm³/mol. The van der Waals surface area contributed by atoms with Gasteiger partial charge in [-0.2, -0.15) is 15.0 Å². The summed E-state index contributed by atoms with van der Waals surface area (Å²) in [5, 5.41) is 18.8. The molecule has 0 amide bonds. The molecule has 4 N–H and O–H groups in total. The van der Waals surface area contributed by atoms with E-state index in [1.807, 2.05) is 30.3 Å². The summed E-state index contributed by atoms with van der Waals surface area (Å²) >= 11 is 0. The van der Waals surface area contributed by atoms with Crippen molar-refractivity contribution in [3.8, 4) is 12.0 Å². The van der Waals surface area contributed by atoms with Gasteiger partial charge >= 0.3 is 6.01 Å². The van der Waals surface area contributed by atoms with Gasteiger partial charge in [-0.3, -0.25) is 4.57 Å². The van der Waals surface area contributed by atoms with Crippen LogP contribution >= 0.6 is 0 Å². The first-order valence-corrected chi connectivity index (χ1v) is 6.69. The topological polar surface area (TPSA) is 119 Å². The standard InChI is InChI=1S/C14H15N5O3/c15-11-10-12(18-13(17-11)22-7-6-20)19(14(21)16-10)8-9-4-2-1-3-5-9/h1-5,20H,6-8H2,(H,16,21)(H2,15,17,18). The number of nitrogens with zero attached hydrogens (tertiary/aromatic N) is 4. The third-order valence-corrected chi connectivity index (χ3v) is 3.09. The second kappa shape index (κ2) is 5.86. The summed E-state index contributed by atoms with van der Waals surface area (Å²) in [5.74, 6) is 0.111. The molecule has 0 bridgehead atoms. The fraction of sp³-hybridized carbons (Fsp3) is 0.214. The molecule has 114 valence electrons. The van der Waals surface area contributed by atoms with E-state index in [1.165, 1.54) is 4.57 Å². The Morgan fingerprint density at radius 1 is 1.14 bits per heavy atom. The molecule has 0 unspecified atom stereocenters. The van der Waals surface area contributed by atoms with Crippen LogP contribution in [0.5, 0.6) is 12.0 Å². The molecule has 0 fully saturated rings. The number of aliphatic hydroxyl groups is 1. The van der Waals surface area contributed by atoms with Crippen LogP contribution in [0.25, 0.3) is 11.2 Å². The van der Waals surface area contributed by atoms with Crippen molar-refractivity contribution in [3.63, 3.8) is 0 Å². The monoisotopic (exact) mass is 301 g/mol. The fourth-order valence-electron chi connectivity index (χ4n) is 2.10. The summed E-state index contributed by atoms with van der Waals surface area (Å²) < 4.78 is 6.71. The second-order valence-electron chi connectivity index (χ2n) is 4.62. The Bertz CT molecular complexity index is 788. The number of hydrogen-bond acceptors (Lipinski definition) is 7. The molecule has 22 heavy (non-hydrogen) atoms. The Hall–Kier alpha value is -2.87. The average molecular weight is 301 g/mol. The van der Waals surface area contributed by atoms with Crippen molar-refractivity contribution in [2.24, 2.45) is 0 Å². The van der Waals surface area contributed by atoms with E-state index in [2.05, 4.69) is 15.0 Å². The molecule has 0 aliphatic heterocycles. The first-order chi connectivity index (χ1) is 10.7. The first-order valence-electron chi connectivity index (χ1n) is 6.69. The Kier molecular flexibility index (Phi) is 3.75. The van der Waals surface area contributed by atoms with E-state index < -0.39 is 0 Å². The molecule has 0 radical (unpaired) electrons. The van der Waals surface area contributed by atoms with Gasteiger partial charge in [-0.1, -0.05) is 30.3 Å². The van der Waals surface area contributed by atoms with Crippen LogP contribution in [0.1, 0.15) is 5.56 Å². The van der Waals surface area contributed by atoms with Crippen molar-refractivity contribution >= 4 is 17.0 Å². The number of fused-ring (bicyclic) bond motifs is 1. The summed E-state index contributed by atoms with van der Waals surface area (Å²) in [4.78, 5) is 12.1. The third kappa shape index (κ3) is 2.63. The normalized spacial score (nSPS) is 11.0. The minimum atomic E-state index is -0.195. The lowest BCUT2D eigenvalue weighted by Gasteiger charge is -2.07. The molecule has 8 nitrogen and oxygen atoms in total. The molecule has 0 aliphatic carbocycles. The van der Waals surface area contributed by atoms with E-state index in [0.717, 1.165) is 5.56 Å². The van der Waals surface area contributed by atoms with E-state index in [-0.39, 0.29) is 31.1 Å². The van der Waals surface area contributed by atoms with E-state index in [4.69, 9.17) is 15.6 Å². The Morgan fingerprint density at radius 3 is 2.64 bits per heavy atom. The van der Waals surface area contributed by atoms with Gasteiger partial charge in [0.1, 0.15) is 6.61 Å². The van der Waals surface area contributed by atoms with Gasteiger partial charge in [-0.15, -0.1) is 0 Å². The van der Waals surface area contributed by atoms with Crippen LogP contribution < -0.4 is 10.5 Å². The number of ether oxygens (including phenoxy) is 1. The minimum Gasteiger partial charge on any atom is -0.480 e. The lowest BCUT2D eigenvalue weighted by atomic mass is 10.2. The molecule has 0 spiro atoms. The predicted octanol–water partition coefficient (Wildman–Crippen LogP) is 0.533. The van der Waals surface area contributed by atoms with Crippen molar-refractivity contribution in [2.45, 2.75) is 6.54 Å². The number of nitrogens with two attached hydrogens (primary N) is 1. The summed E-state index contributed by atoms with van der Waals surface area (Å²) in [6.45, 7) is 0.290. The number of aromatic hydroxyl groups is 1. The van der Waals surface area contributed by atoms with E-state index >= 15 is 0 Å². The molecule has 0 saturated heterocycles. The van der Waals surface area contributed by atoms with Gasteiger partial charge in [-0.25, -0.2) is 0 Å². The molecular formula is C14H15N5O3. The zero-order chi connectivity index (χ0) is 15.5.